The quantitative estimate of drug-likeness (QED) is 0.172. The molecule has 8 aromatic carbocycles. The molecule has 58 heavy (non-hydrogen) atoms. The summed E-state index contributed by atoms with van der Waals surface area (Å²) in [4.78, 5) is 11.1. The molecule has 1 aliphatic carbocycles. The standard InChI is InChI=1S/C54H38N4/c1-2-18-39(19-3-1)57-50-26-10-8-22-44(50)46-30-28-38(33-53(46)57)37-29-31-52-47(32-37)45-23-9-11-27-51(45)58(52)54-55-48(42-24-12-16-35-14-4-6-20-40(35)42)34-49(56-54)43-25-13-17-36-15-5-7-21-41(36)43/h1-4,6-14,16-33,49H,5,15,34H2/t49-/m0/s1. The van der Waals surface area contributed by atoms with Crippen LogP contribution >= 0.6 is 0 Å². The number of para-hydroxylation sites is 3. The number of benzene rings is 8. The first-order valence-electron chi connectivity index (χ1n) is 20.3. The van der Waals surface area contributed by atoms with Gasteiger partial charge in [0.05, 0.1) is 33.8 Å². The number of fused-ring (bicyclic) bond motifs is 8. The van der Waals surface area contributed by atoms with E-state index in [0.717, 1.165) is 47.7 Å². The Labute approximate surface area is 336 Å². The monoisotopic (exact) mass is 742 g/mol. The summed E-state index contributed by atoms with van der Waals surface area (Å²) in [6, 6.07) is 63.9. The Morgan fingerprint density at radius 3 is 2.05 bits per heavy atom. The van der Waals surface area contributed by atoms with Crippen molar-refractivity contribution in [2.45, 2.75) is 25.3 Å². The summed E-state index contributed by atoms with van der Waals surface area (Å²) in [5.41, 5.74) is 14.3. The fraction of sp³-hybridized carbons (Fsp3) is 0.0741. The van der Waals surface area contributed by atoms with Gasteiger partial charge in [-0.3, -0.25) is 4.57 Å². The third-order valence-corrected chi connectivity index (χ3v) is 12.3. The van der Waals surface area contributed by atoms with Gasteiger partial charge in [0.2, 0.25) is 5.96 Å². The van der Waals surface area contributed by atoms with E-state index in [-0.39, 0.29) is 6.04 Å². The van der Waals surface area contributed by atoms with Gasteiger partial charge in [-0.2, -0.15) is 0 Å². The van der Waals surface area contributed by atoms with Gasteiger partial charge >= 0.3 is 0 Å². The lowest BCUT2D eigenvalue weighted by molar-refractivity contribution is 0.740. The Hall–Kier alpha value is -7.30. The molecule has 274 valence electrons. The topological polar surface area (TPSA) is 34.6 Å². The molecule has 4 heteroatoms. The van der Waals surface area contributed by atoms with Crippen LogP contribution in [0.4, 0.5) is 0 Å². The molecule has 0 radical (unpaired) electrons. The Balaban J connectivity index is 1.06. The van der Waals surface area contributed by atoms with Crippen LogP contribution < -0.4 is 0 Å². The summed E-state index contributed by atoms with van der Waals surface area (Å²) in [6.07, 6.45) is 7.48. The maximum atomic E-state index is 5.59. The van der Waals surface area contributed by atoms with Crippen molar-refractivity contribution >= 4 is 72.1 Å². The second-order valence-electron chi connectivity index (χ2n) is 15.6. The molecular weight excluding hydrogens is 705 g/mol. The lowest BCUT2D eigenvalue weighted by Gasteiger charge is -2.25. The first-order valence-corrected chi connectivity index (χ1v) is 20.3. The maximum Gasteiger partial charge on any atom is 0.230 e. The van der Waals surface area contributed by atoms with Crippen LogP contribution in [-0.4, -0.2) is 20.8 Å². The highest BCUT2D eigenvalue weighted by atomic mass is 15.2. The predicted molar refractivity (Wildman–Crippen MR) is 244 cm³/mol. The average Bonchev–Trinajstić information content (AvgIpc) is 3.81. The number of allylic oxidation sites excluding steroid dienone is 1. The summed E-state index contributed by atoms with van der Waals surface area (Å²) < 4.78 is 4.69. The molecule has 0 N–H and O–H groups in total. The molecule has 0 spiro atoms. The van der Waals surface area contributed by atoms with E-state index < -0.39 is 0 Å². The van der Waals surface area contributed by atoms with E-state index in [9.17, 15) is 0 Å². The van der Waals surface area contributed by atoms with E-state index in [1.807, 2.05) is 0 Å². The van der Waals surface area contributed by atoms with Gasteiger partial charge in [-0.15, -0.1) is 0 Å². The molecule has 2 aromatic heterocycles. The van der Waals surface area contributed by atoms with Crippen LogP contribution in [0.5, 0.6) is 0 Å². The van der Waals surface area contributed by atoms with E-state index in [0.29, 0.717) is 0 Å². The minimum Gasteiger partial charge on any atom is -0.309 e. The van der Waals surface area contributed by atoms with E-state index >= 15 is 0 Å². The van der Waals surface area contributed by atoms with Crippen molar-refractivity contribution in [1.82, 2.24) is 9.13 Å². The number of aromatic nitrogens is 2. The molecule has 3 heterocycles. The van der Waals surface area contributed by atoms with Crippen molar-refractivity contribution in [3.63, 3.8) is 0 Å². The number of hydrogen-bond donors (Lipinski definition) is 0. The zero-order valence-electron chi connectivity index (χ0n) is 31.9. The summed E-state index contributed by atoms with van der Waals surface area (Å²) >= 11 is 0. The number of nitrogens with zero attached hydrogens (tertiary/aromatic N) is 4. The van der Waals surface area contributed by atoms with Gasteiger partial charge < -0.3 is 4.57 Å². The molecule has 0 fully saturated rings. The van der Waals surface area contributed by atoms with Crippen molar-refractivity contribution in [3.8, 4) is 16.8 Å². The van der Waals surface area contributed by atoms with E-state index in [2.05, 4.69) is 197 Å². The molecule has 4 nitrogen and oxygen atoms in total. The Morgan fingerprint density at radius 1 is 0.500 bits per heavy atom. The third-order valence-electron chi connectivity index (χ3n) is 12.3. The minimum atomic E-state index is -0.0854. The van der Waals surface area contributed by atoms with E-state index in [4.69, 9.17) is 9.98 Å². The van der Waals surface area contributed by atoms with Crippen LogP contribution in [0.3, 0.4) is 0 Å². The van der Waals surface area contributed by atoms with Crippen molar-refractivity contribution in [2.24, 2.45) is 9.98 Å². The molecule has 12 rings (SSSR count). The minimum absolute atomic E-state index is 0.0854. The number of hydrogen-bond acceptors (Lipinski definition) is 2. The highest BCUT2D eigenvalue weighted by molar-refractivity contribution is 6.20. The summed E-state index contributed by atoms with van der Waals surface area (Å²) in [6.45, 7) is 0. The first-order chi connectivity index (χ1) is 28.8. The van der Waals surface area contributed by atoms with Crippen LogP contribution in [0.2, 0.25) is 0 Å². The predicted octanol–water partition coefficient (Wildman–Crippen LogP) is 13.5. The second-order valence-corrected chi connectivity index (χ2v) is 15.6. The smallest absolute Gasteiger partial charge is 0.230 e. The zero-order valence-corrected chi connectivity index (χ0v) is 31.9. The van der Waals surface area contributed by atoms with E-state index in [1.54, 1.807) is 0 Å². The van der Waals surface area contributed by atoms with Crippen LogP contribution in [0.25, 0.3) is 77.3 Å². The molecule has 0 saturated heterocycles. The fourth-order valence-electron chi connectivity index (χ4n) is 9.66. The number of aryl methyl sites for hydroxylation is 1. The molecule has 0 unspecified atom stereocenters. The molecule has 1 atom stereocenters. The molecule has 10 aromatic rings. The zero-order chi connectivity index (χ0) is 38.2. The van der Waals surface area contributed by atoms with Gasteiger partial charge in [-0.25, -0.2) is 9.98 Å². The number of aliphatic imine (C=N–C) groups is 2. The highest BCUT2D eigenvalue weighted by Crippen LogP contribution is 2.40. The summed E-state index contributed by atoms with van der Waals surface area (Å²) in [5, 5.41) is 7.31. The van der Waals surface area contributed by atoms with Crippen LogP contribution in [0.1, 0.15) is 41.1 Å². The fourth-order valence-corrected chi connectivity index (χ4v) is 9.66. The van der Waals surface area contributed by atoms with Gasteiger partial charge in [-0.1, -0.05) is 146 Å². The average molecular weight is 743 g/mol. The molecular formula is C54H38N4. The highest BCUT2D eigenvalue weighted by Gasteiger charge is 2.27. The third kappa shape index (κ3) is 5.15. The van der Waals surface area contributed by atoms with Gasteiger partial charge in [0.15, 0.2) is 0 Å². The SMILES string of the molecule is C1=Cc2c(cccc2[C@@H]2CC(c3cccc4ccccc34)=NC(n3c4ccccc4c4cc(-c5ccc6c7ccccc7n(-c7ccccc7)c6c5)ccc43)=N2)CC1. The van der Waals surface area contributed by atoms with Crippen molar-refractivity contribution in [3.05, 3.63) is 204 Å². The number of rotatable bonds is 4. The van der Waals surface area contributed by atoms with Crippen LogP contribution in [0, 0.1) is 0 Å². The van der Waals surface area contributed by atoms with Crippen LogP contribution in [0.15, 0.2) is 192 Å². The lowest BCUT2D eigenvalue weighted by atomic mass is 9.87. The molecule has 0 saturated carbocycles. The van der Waals surface area contributed by atoms with Gasteiger partial charge in [-0.05, 0) is 93.9 Å². The molecule has 0 amide bonds. The van der Waals surface area contributed by atoms with Crippen molar-refractivity contribution in [1.29, 1.82) is 0 Å². The second kappa shape index (κ2) is 13.1. The van der Waals surface area contributed by atoms with Crippen LogP contribution in [-0.2, 0) is 6.42 Å². The Morgan fingerprint density at radius 2 is 1.17 bits per heavy atom. The first kappa shape index (κ1) is 32.9. The van der Waals surface area contributed by atoms with Gasteiger partial charge in [0.1, 0.15) is 0 Å². The molecule has 1 aliphatic heterocycles. The Bertz CT molecular complexity index is 3370. The van der Waals surface area contributed by atoms with Crippen molar-refractivity contribution in [2.75, 3.05) is 0 Å². The summed E-state index contributed by atoms with van der Waals surface area (Å²) in [7, 11) is 0. The van der Waals surface area contributed by atoms with Crippen molar-refractivity contribution < 1.29 is 0 Å². The normalized spacial score (nSPS) is 15.3. The van der Waals surface area contributed by atoms with E-state index in [1.165, 1.54) is 76.7 Å². The van der Waals surface area contributed by atoms with Gasteiger partial charge in [0.25, 0.3) is 0 Å². The Kier molecular flexibility index (Phi) is 7.45. The van der Waals surface area contributed by atoms with Gasteiger partial charge in [0, 0.05) is 39.2 Å². The maximum absolute atomic E-state index is 5.59. The molecule has 2 aliphatic rings. The molecule has 0 bridgehead atoms. The largest absolute Gasteiger partial charge is 0.309 e. The summed E-state index contributed by atoms with van der Waals surface area (Å²) in [5.74, 6) is 0.726. The lowest BCUT2D eigenvalue weighted by Crippen LogP contribution is -2.22.